The van der Waals surface area contributed by atoms with Gasteiger partial charge in [-0.25, -0.2) is 18.4 Å². The number of ether oxygens (including phenoxy) is 1. The molecule has 1 aromatic carbocycles. The maximum Gasteiger partial charge on any atom is 0.317 e. The highest BCUT2D eigenvalue weighted by Gasteiger charge is 2.29. The van der Waals surface area contributed by atoms with Gasteiger partial charge in [0.2, 0.25) is 10.0 Å². The summed E-state index contributed by atoms with van der Waals surface area (Å²) in [6.07, 6.45) is 2.90. The number of nitrogens with zero attached hydrogens (tertiary/aromatic N) is 3. The predicted octanol–water partition coefficient (Wildman–Crippen LogP) is 2.94. The van der Waals surface area contributed by atoms with Crippen molar-refractivity contribution in [3.63, 3.8) is 0 Å². The average Bonchev–Trinajstić information content (AvgIpc) is 2.60. The Labute approximate surface area is 154 Å². The second-order valence-electron chi connectivity index (χ2n) is 6.43. The van der Waals surface area contributed by atoms with E-state index in [1.54, 1.807) is 6.08 Å². The van der Waals surface area contributed by atoms with Gasteiger partial charge in [-0.2, -0.15) is 4.31 Å². The van der Waals surface area contributed by atoms with Crippen LogP contribution in [0.5, 0.6) is 6.01 Å². The molecule has 7 heteroatoms. The number of rotatable bonds is 5. The van der Waals surface area contributed by atoms with Crippen molar-refractivity contribution in [2.75, 3.05) is 13.1 Å². The lowest BCUT2D eigenvalue weighted by atomic mass is 10.1. The minimum Gasteiger partial charge on any atom is -0.459 e. The third-order valence-electron chi connectivity index (χ3n) is 4.17. The fraction of sp³-hybridized carbons (Fsp3) is 0.368. The summed E-state index contributed by atoms with van der Waals surface area (Å²) < 4.78 is 32.5. The maximum absolute atomic E-state index is 12.6. The highest BCUT2D eigenvalue weighted by Crippen LogP contribution is 2.20. The summed E-state index contributed by atoms with van der Waals surface area (Å²) in [5.74, 6) is 0. The number of benzene rings is 1. The van der Waals surface area contributed by atoms with Crippen molar-refractivity contribution in [2.24, 2.45) is 0 Å². The number of aromatic nitrogens is 2. The molecule has 0 spiro atoms. The van der Waals surface area contributed by atoms with E-state index in [-0.39, 0.29) is 6.10 Å². The normalized spacial score (nSPS) is 18.9. The van der Waals surface area contributed by atoms with Crippen LogP contribution in [0.2, 0.25) is 0 Å². The Bertz CT molecular complexity index is 862. The van der Waals surface area contributed by atoms with E-state index in [9.17, 15) is 8.42 Å². The molecule has 1 unspecified atom stereocenters. The Morgan fingerprint density at radius 2 is 1.85 bits per heavy atom. The third kappa shape index (κ3) is 4.89. The molecule has 0 N–H and O–H groups in total. The van der Waals surface area contributed by atoms with E-state index in [1.807, 2.05) is 50.2 Å². The van der Waals surface area contributed by atoms with Crippen LogP contribution in [-0.2, 0) is 10.0 Å². The molecule has 0 amide bonds. The van der Waals surface area contributed by atoms with Crippen molar-refractivity contribution in [1.82, 2.24) is 14.3 Å². The minimum absolute atomic E-state index is 0.246. The van der Waals surface area contributed by atoms with Crippen molar-refractivity contribution in [3.05, 3.63) is 58.8 Å². The molecule has 3 rings (SSSR count). The van der Waals surface area contributed by atoms with E-state index in [4.69, 9.17) is 4.74 Å². The molecule has 1 fully saturated rings. The summed E-state index contributed by atoms with van der Waals surface area (Å²) >= 11 is 0. The van der Waals surface area contributed by atoms with Gasteiger partial charge in [-0.1, -0.05) is 30.3 Å². The monoisotopic (exact) mass is 373 g/mol. The van der Waals surface area contributed by atoms with Gasteiger partial charge in [0.1, 0.15) is 6.10 Å². The second kappa shape index (κ2) is 7.97. The van der Waals surface area contributed by atoms with Crippen LogP contribution in [0.1, 0.15) is 29.8 Å². The highest BCUT2D eigenvalue weighted by atomic mass is 32.2. The number of hydrogen-bond acceptors (Lipinski definition) is 5. The van der Waals surface area contributed by atoms with E-state index in [2.05, 4.69) is 9.97 Å². The van der Waals surface area contributed by atoms with Crippen LogP contribution < -0.4 is 4.74 Å². The van der Waals surface area contributed by atoms with Crippen LogP contribution >= 0.6 is 0 Å². The fourth-order valence-corrected chi connectivity index (χ4v) is 4.20. The Morgan fingerprint density at radius 3 is 2.54 bits per heavy atom. The zero-order valence-electron chi connectivity index (χ0n) is 15.0. The summed E-state index contributed by atoms with van der Waals surface area (Å²) in [4.78, 5) is 8.55. The Hall–Kier alpha value is -2.25. The van der Waals surface area contributed by atoms with Crippen LogP contribution in [-0.4, -0.2) is 41.9 Å². The van der Waals surface area contributed by atoms with Crippen molar-refractivity contribution >= 4 is 16.1 Å². The SMILES string of the molecule is Cc1cc(C)nc(OC2CCCN(S(=O)(=O)C=Cc3ccccc3)C2)n1. The summed E-state index contributed by atoms with van der Waals surface area (Å²) in [6.45, 7) is 4.56. The van der Waals surface area contributed by atoms with E-state index < -0.39 is 10.0 Å². The Morgan fingerprint density at radius 1 is 1.15 bits per heavy atom. The molecule has 2 heterocycles. The molecule has 0 bridgehead atoms. The van der Waals surface area contributed by atoms with Crippen LogP contribution in [0.15, 0.2) is 41.8 Å². The maximum atomic E-state index is 12.6. The lowest BCUT2D eigenvalue weighted by molar-refractivity contribution is 0.119. The summed E-state index contributed by atoms with van der Waals surface area (Å²) in [5.41, 5.74) is 2.52. The van der Waals surface area contributed by atoms with E-state index >= 15 is 0 Å². The van der Waals surface area contributed by atoms with Crippen molar-refractivity contribution in [3.8, 4) is 6.01 Å². The predicted molar refractivity (Wildman–Crippen MR) is 101 cm³/mol. The first-order valence-electron chi connectivity index (χ1n) is 8.64. The molecule has 26 heavy (non-hydrogen) atoms. The zero-order chi connectivity index (χ0) is 18.6. The Balaban J connectivity index is 1.68. The molecule has 1 aliphatic heterocycles. The fourth-order valence-electron chi connectivity index (χ4n) is 2.94. The first-order valence-corrected chi connectivity index (χ1v) is 10.1. The number of aryl methyl sites for hydroxylation is 2. The number of hydrogen-bond donors (Lipinski definition) is 0. The van der Waals surface area contributed by atoms with Crippen LogP contribution in [0.3, 0.4) is 0 Å². The molecule has 0 aliphatic carbocycles. The molecular weight excluding hydrogens is 350 g/mol. The molecule has 0 radical (unpaired) electrons. The third-order valence-corrected chi connectivity index (χ3v) is 5.70. The van der Waals surface area contributed by atoms with Gasteiger partial charge in [0.05, 0.1) is 6.54 Å². The van der Waals surface area contributed by atoms with Gasteiger partial charge < -0.3 is 4.74 Å². The van der Waals surface area contributed by atoms with Crippen molar-refractivity contribution in [1.29, 1.82) is 0 Å². The molecular formula is C19H23N3O3S. The molecule has 1 saturated heterocycles. The number of sulfonamides is 1. The first-order chi connectivity index (χ1) is 12.4. The van der Waals surface area contributed by atoms with Gasteiger partial charge >= 0.3 is 6.01 Å². The average molecular weight is 373 g/mol. The van der Waals surface area contributed by atoms with E-state index in [1.165, 1.54) is 9.71 Å². The van der Waals surface area contributed by atoms with Crippen LogP contribution in [0.4, 0.5) is 0 Å². The minimum atomic E-state index is -3.49. The Kier molecular flexibility index (Phi) is 5.68. The van der Waals surface area contributed by atoms with Crippen LogP contribution in [0.25, 0.3) is 6.08 Å². The quantitative estimate of drug-likeness (QED) is 0.806. The summed E-state index contributed by atoms with van der Waals surface area (Å²) in [5, 5.41) is 1.26. The smallest absolute Gasteiger partial charge is 0.317 e. The highest BCUT2D eigenvalue weighted by molar-refractivity contribution is 7.92. The van der Waals surface area contributed by atoms with Gasteiger partial charge in [-0.15, -0.1) is 0 Å². The molecule has 1 aliphatic rings. The van der Waals surface area contributed by atoms with Gasteiger partial charge in [-0.05, 0) is 44.4 Å². The second-order valence-corrected chi connectivity index (χ2v) is 8.25. The van der Waals surface area contributed by atoms with Gasteiger partial charge in [-0.3, -0.25) is 0 Å². The molecule has 1 atom stereocenters. The lowest BCUT2D eigenvalue weighted by Gasteiger charge is -2.30. The van der Waals surface area contributed by atoms with Crippen LogP contribution in [0, 0.1) is 13.8 Å². The lowest BCUT2D eigenvalue weighted by Crippen LogP contribution is -2.43. The van der Waals surface area contributed by atoms with Crippen molar-refractivity contribution < 1.29 is 13.2 Å². The topological polar surface area (TPSA) is 72.4 Å². The van der Waals surface area contributed by atoms with Crippen molar-refractivity contribution in [2.45, 2.75) is 32.8 Å². The van der Waals surface area contributed by atoms with Gasteiger partial charge in [0.25, 0.3) is 0 Å². The summed E-state index contributed by atoms with van der Waals surface area (Å²) in [6, 6.07) is 11.6. The zero-order valence-corrected chi connectivity index (χ0v) is 15.8. The van der Waals surface area contributed by atoms with E-state index in [0.717, 1.165) is 29.8 Å². The van der Waals surface area contributed by atoms with E-state index in [0.29, 0.717) is 19.1 Å². The largest absolute Gasteiger partial charge is 0.459 e. The van der Waals surface area contributed by atoms with Gasteiger partial charge in [0, 0.05) is 23.3 Å². The standard InChI is InChI=1S/C19H23N3O3S/c1-15-13-16(2)21-19(20-15)25-18-9-6-11-22(14-18)26(23,24)12-10-17-7-4-3-5-8-17/h3-5,7-8,10,12-13,18H,6,9,11,14H2,1-2H3. The molecule has 2 aromatic rings. The number of piperidine rings is 1. The molecule has 0 saturated carbocycles. The molecule has 138 valence electrons. The molecule has 6 nitrogen and oxygen atoms in total. The van der Waals surface area contributed by atoms with Gasteiger partial charge in [0.15, 0.2) is 0 Å². The first kappa shape index (κ1) is 18.5. The molecule has 1 aromatic heterocycles. The summed E-state index contributed by atoms with van der Waals surface area (Å²) in [7, 11) is -3.49.